The first kappa shape index (κ1) is 29.7. The maximum absolute atomic E-state index is 13.9. The Bertz CT molecular complexity index is 1420. The Hall–Kier alpha value is -3.82. The second-order valence-corrected chi connectivity index (χ2v) is 10.8. The van der Waals surface area contributed by atoms with E-state index < -0.39 is 0 Å². The minimum absolute atomic E-state index is 0.212. The van der Waals surface area contributed by atoms with Crippen molar-refractivity contribution >= 4 is 5.95 Å². The van der Waals surface area contributed by atoms with Crippen molar-refractivity contribution in [2.75, 3.05) is 45.8 Å². The van der Waals surface area contributed by atoms with Crippen molar-refractivity contribution in [2.24, 2.45) is 0 Å². The van der Waals surface area contributed by atoms with Crippen LogP contribution in [0.2, 0.25) is 0 Å². The topological polar surface area (TPSA) is 77.3 Å². The first-order chi connectivity index (χ1) is 20.6. The summed E-state index contributed by atoms with van der Waals surface area (Å²) < 4.78 is 27.0. The highest BCUT2D eigenvalue weighted by molar-refractivity contribution is 5.78. The van der Waals surface area contributed by atoms with E-state index in [-0.39, 0.29) is 11.9 Å². The molecular weight excluding hydrogens is 531 g/mol. The fraction of sp³-hybridized carbons (Fsp3) is 0.424. The largest absolute Gasteiger partial charge is 0.497 e. The predicted molar refractivity (Wildman–Crippen MR) is 164 cm³/mol. The van der Waals surface area contributed by atoms with Gasteiger partial charge < -0.3 is 19.4 Å². The van der Waals surface area contributed by atoms with Crippen molar-refractivity contribution in [2.45, 2.75) is 51.6 Å². The summed E-state index contributed by atoms with van der Waals surface area (Å²) in [6.07, 6.45) is 6.76. The predicted octanol–water partition coefficient (Wildman–Crippen LogP) is 6.39. The Kier molecular flexibility index (Phi) is 10.2. The Balaban J connectivity index is 1.49. The number of fused-ring (bicyclic) bond motifs is 1. The number of rotatable bonds is 15. The monoisotopic (exact) mass is 572 g/mol. The lowest BCUT2D eigenvalue weighted by Crippen LogP contribution is -2.31. The fourth-order valence-corrected chi connectivity index (χ4v) is 5.61. The first-order valence-electron chi connectivity index (χ1n) is 14.9. The van der Waals surface area contributed by atoms with Crippen LogP contribution in [0.4, 0.5) is 10.3 Å². The van der Waals surface area contributed by atoms with E-state index in [1.165, 1.54) is 17.7 Å². The number of imidazole rings is 1. The summed E-state index contributed by atoms with van der Waals surface area (Å²) in [6.45, 7) is 6.31. The highest BCUT2D eigenvalue weighted by atomic mass is 19.1. The third-order valence-electron chi connectivity index (χ3n) is 7.74. The number of nitrogens with one attached hydrogen (secondary N) is 1. The smallest absolute Gasteiger partial charge is 0.223 e. The van der Waals surface area contributed by atoms with E-state index in [1.54, 1.807) is 32.5 Å². The first-order valence-corrected chi connectivity index (χ1v) is 14.9. The molecular formula is C33H41FN6O2. The molecule has 8 nitrogen and oxygen atoms in total. The van der Waals surface area contributed by atoms with Gasteiger partial charge in [-0.2, -0.15) is 0 Å². The van der Waals surface area contributed by atoms with Crippen LogP contribution >= 0.6 is 0 Å². The zero-order chi connectivity index (χ0) is 29.3. The van der Waals surface area contributed by atoms with Crippen LogP contribution < -0.4 is 10.1 Å². The zero-order valence-electron chi connectivity index (χ0n) is 24.9. The Morgan fingerprint density at radius 1 is 1.02 bits per heavy atom. The molecule has 0 spiro atoms. The summed E-state index contributed by atoms with van der Waals surface area (Å²) in [4.78, 5) is 17.0. The number of aromatic nitrogens is 4. The van der Waals surface area contributed by atoms with Crippen LogP contribution in [-0.4, -0.2) is 64.9 Å². The molecule has 1 aliphatic rings. The second kappa shape index (κ2) is 14.4. The molecule has 222 valence electrons. The Morgan fingerprint density at radius 2 is 1.83 bits per heavy atom. The second-order valence-electron chi connectivity index (χ2n) is 10.8. The number of halogens is 1. The number of methoxy groups -OCH3 is 2. The standard InChI is InChI=1S/C33H41FN6O2/c1-4-5-18-35-33-36-19-17-29(37-33)32-31(25-9-11-26(34)12-10-25)38-30-16-13-27(40(30)32)23-39(20-6-21-41-2)22-24-7-14-28(42-3)15-8-24/h7-12,14-15,17,19,27H,4-6,13,16,18,20-23H2,1-3H3,(H,35,36,37)/t27-/m0/s1. The minimum Gasteiger partial charge on any atom is -0.497 e. The van der Waals surface area contributed by atoms with E-state index in [9.17, 15) is 4.39 Å². The maximum Gasteiger partial charge on any atom is 0.223 e. The number of aryl methyl sites for hydroxylation is 1. The van der Waals surface area contributed by atoms with Crippen LogP contribution in [0.3, 0.4) is 0 Å². The molecule has 4 aromatic rings. The van der Waals surface area contributed by atoms with Crippen molar-refractivity contribution in [1.29, 1.82) is 0 Å². The van der Waals surface area contributed by atoms with Gasteiger partial charge in [0.15, 0.2) is 0 Å². The average Bonchev–Trinajstić information content (AvgIpc) is 3.58. The lowest BCUT2D eigenvalue weighted by atomic mass is 10.1. The quantitative estimate of drug-likeness (QED) is 0.165. The molecule has 0 saturated carbocycles. The van der Waals surface area contributed by atoms with Gasteiger partial charge in [-0.05, 0) is 67.3 Å². The third-order valence-corrected chi connectivity index (χ3v) is 7.74. The average molecular weight is 573 g/mol. The highest BCUT2D eigenvalue weighted by Crippen LogP contribution is 2.39. The van der Waals surface area contributed by atoms with Crippen LogP contribution in [0.1, 0.15) is 50.0 Å². The number of hydrogen-bond donors (Lipinski definition) is 1. The van der Waals surface area contributed by atoms with Gasteiger partial charge in [-0.15, -0.1) is 0 Å². The fourth-order valence-electron chi connectivity index (χ4n) is 5.61. The van der Waals surface area contributed by atoms with Gasteiger partial charge in [0, 0.05) is 64.1 Å². The van der Waals surface area contributed by atoms with Crippen LogP contribution in [-0.2, 0) is 17.7 Å². The normalized spacial score (nSPS) is 14.4. The van der Waals surface area contributed by atoms with Crippen molar-refractivity contribution in [3.05, 3.63) is 78.0 Å². The molecule has 3 heterocycles. The molecule has 0 aliphatic carbocycles. The van der Waals surface area contributed by atoms with Gasteiger partial charge >= 0.3 is 0 Å². The Labute approximate surface area is 247 Å². The molecule has 2 aromatic heterocycles. The van der Waals surface area contributed by atoms with Crippen LogP contribution in [0.25, 0.3) is 22.6 Å². The third kappa shape index (κ3) is 7.14. The molecule has 9 heteroatoms. The van der Waals surface area contributed by atoms with Crippen LogP contribution in [0.15, 0.2) is 60.8 Å². The number of benzene rings is 2. The lowest BCUT2D eigenvalue weighted by molar-refractivity contribution is 0.161. The molecule has 0 saturated heterocycles. The number of unbranched alkanes of at least 4 members (excludes halogenated alkanes) is 1. The van der Waals surface area contributed by atoms with Crippen LogP contribution in [0, 0.1) is 5.82 Å². The van der Waals surface area contributed by atoms with E-state index in [2.05, 4.69) is 38.8 Å². The summed E-state index contributed by atoms with van der Waals surface area (Å²) in [5, 5.41) is 3.36. The number of ether oxygens (including phenoxy) is 2. The Morgan fingerprint density at radius 3 is 2.57 bits per heavy atom. The highest BCUT2D eigenvalue weighted by Gasteiger charge is 2.32. The van der Waals surface area contributed by atoms with E-state index in [4.69, 9.17) is 19.4 Å². The molecule has 1 aliphatic heterocycles. The molecule has 0 bridgehead atoms. The molecule has 1 atom stereocenters. The number of hydrogen-bond acceptors (Lipinski definition) is 7. The number of anilines is 1. The number of nitrogens with zero attached hydrogens (tertiary/aromatic N) is 5. The van der Waals surface area contributed by atoms with Crippen molar-refractivity contribution in [3.8, 4) is 28.4 Å². The summed E-state index contributed by atoms with van der Waals surface area (Å²) in [5.74, 6) is 2.24. The summed E-state index contributed by atoms with van der Waals surface area (Å²) in [6, 6.07) is 17.0. The van der Waals surface area contributed by atoms with E-state index in [0.29, 0.717) is 5.95 Å². The van der Waals surface area contributed by atoms with Crippen molar-refractivity contribution in [3.63, 3.8) is 0 Å². The summed E-state index contributed by atoms with van der Waals surface area (Å²) in [7, 11) is 3.44. The van der Waals surface area contributed by atoms with E-state index >= 15 is 0 Å². The zero-order valence-corrected chi connectivity index (χ0v) is 24.9. The summed E-state index contributed by atoms with van der Waals surface area (Å²) in [5.41, 5.74) is 4.72. The van der Waals surface area contributed by atoms with Crippen LogP contribution in [0.5, 0.6) is 5.75 Å². The lowest BCUT2D eigenvalue weighted by Gasteiger charge is -2.27. The van der Waals surface area contributed by atoms with Gasteiger partial charge in [0.25, 0.3) is 0 Å². The van der Waals surface area contributed by atoms with Gasteiger partial charge in [0.1, 0.15) is 17.4 Å². The van der Waals surface area contributed by atoms with Gasteiger partial charge in [-0.3, -0.25) is 4.90 Å². The molecule has 0 fully saturated rings. The van der Waals surface area contributed by atoms with E-state index in [0.717, 1.165) is 99.1 Å². The molecule has 5 rings (SSSR count). The molecule has 1 N–H and O–H groups in total. The minimum atomic E-state index is -0.264. The van der Waals surface area contributed by atoms with E-state index in [1.807, 2.05) is 18.2 Å². The molecule has 42 heavy (non-hydrogen) atoms. The maximum atomic E-state index is 13.9. The van der Waals surface area contributed by atoms with Crippen molar-refractivity contribution < 1.29 is 13.9 Å². The van der Waals surface area contributed by atoms with Gasteiger partial charge in [-0.1, -0.05) is 25.5 Å². The molecule has 0 unspecified atom stereocenters. The molecule has 0 amide bonds. The van der Waals surface area contributed by atoms with Crippen molar-refractivity contribution in [1.82, 2.24) is 24.4 Å². The van der Waals surface area contributed by atoms with Gasteiger partial charge in [0.2, 0.25) is 5.95 Å². The summed E-state index contributed by atoms with van der Waals surface area (Å²) >= 11 is 0. The molecule has 0 radical (unpaired) electrons. The van der Waals surface area contributed by atoms with Gasteiger partial charge in [0.05, 0.1) is 24.2 Å². The SMILES string of the molecule is CCCCNc1nccc(-c2c(-c3ccc(F)cc3)nc3n2[C@H](CN(CCCOC)Cc2ccc(OC)cc2)CC3)n1. The van der Waals surface area contributed by atoms with Gasteiger partial charge in [-0.25, -0.2) is 19.3 Å². The molecule has 2 aromatic carbocycles.